The number of thiazole rings is 1. The summed E-state index contributed by atoms with van der Waals surface area (Å²) in [5.74, 6) is 0.0576. The normalized spacial score (nSPS) is 14.4. The minimum Gasteiger partial charge on any atom is -0.326 e. The molecule has 7 nitrogen and oxygen atoms in total. The van der Waals surface area contributed by atoms with E-state index < -0.39 is 0 Å². The van der Waals surface area contributed by atoms with Crippen molar-refractivity contribution in [3.63, 3.8) is 0 Å². The van der Waals surface area contributed by atoms with Crippen LogP contribution in [0.25, 0.3) is 11.4 Å². The number of carbonyl (C=O) groups excluding carboxylic acids is 1. The highest BCUT2D eigenvalue weighted by Crippen LogP contribution is 2.37. The molecular weight excluding hydrogens is 431 g/mol. The van der Waals surface area contributed by atoms with Crippen molar-refractivity contribution < 1.29 is 4.79 Å². The number of fused-ring (bicyclic) bond motifs is 1. The zero-order valence-corrected chi connectivity index (χ0v) is 18.1. The van der Waals surface area contributed by atoms with Crippen molar-refractivity contribution >= 4 is 56.9 Å². The van der Waals surface area contributed by atoms with Crippen LogP contribution in [0.3, 0.4) is 0 Å². The van der Waals surface area contributed by atoms with E-state index in [1.807, 2.05) is 19.2 Å². The Hall–Kier alpha value is -2.26. The lowest BCUT2D eigenvalue weighted by atomic mass is 9.97. The van der Waals surface area contributed by atoms with Gasteiger partial charge in [-0.2, -0.15) is 0 Å². The zero-order chi connectivity index (χ0) is 20.7. The van der Waals surface area contributed by atoms with Crippen LogP contribution >= 0.6 is 34.5 Å². The summed E-state index contributed by atoms with van der Waals surface area (Å²) in [6.07, 6.45) is 4.76. The smallest absolute Gasteiger partial charge is 0.277 e. The average molecular weight is 449 g/mol. The van der Waals surface area contributed by atoms with Crippen molar-refractivity contribution in [3.8, 4) is 0 Å². The van der Waals surface area contributed by atoms with E-state index in [1.54, 1.807) is 16.7 Å². The van der Waals surface area contributed by atoms with E-state index in [1.165, 1.54) is 11.3 Å². The molecule has 1 aliphatic rings. The minimum atomic E-state index is -0.352. The number of imidazole rings is 1. The van der Waals surface area contributed by atoms with Gasteiger partial charge in [-0.3, -0.25) is 14.5 Å². The predicted molar refractivity (Wildman–Crippen MR) is 116 cm³/mol. The fraction of sp³-hybridized carbons (Fsp3) is 0.263. The van der Waals surface area contributed by atoms with Crippen molar-refractivity contribution in [1.82, 2.24) is 19.4 Å². The third-order valence-corrected chi connectivity index (χ3v) is 6.18. The first-order valence-electron chi connectivity index (χ1n) is 8.94. The number of allylic oxidation sites excluding steroid dienone is 4. The van der Waals surface area contributed by atoms with E-state index in [0.717, 1.165) is 28.2 Å². The number of nitrogens with one attached hydrogen (secondary N) is 1. The summed E-state index contributed by atoms with van der Waals surface area (Å²) < 4.78 is 1.78. The molecule has 1 aliphatic carbocycles. The number of aromatic nitrogens is 4. The Balaban J connectivity index is 1.84. The van der Waals surface area contributed by atoms with Crippen LogP contribution in [-0.4, -0.2) is 25.3 Å². The van der Waals surface area contributed by atoms with Gasteiger partial charge in [0.2, 0.25) is 5.78 Å². The lowest BCUT2D eigenvalue weighted by molar-refractivity contribution is 0.102. The van der Waals surface area contributed by atoms with Crippen molar-refractivity contribution in [2.45, 2.75) is 33.2 Å². The van der Waals surface area contributed by atoms with Crippen LogP contribution in [0.1, 0.15) is 46.0 Å². The van der Waals surface area contributed by atoms with Gasteiger partial charge in [0.15, 0.2) is 5.13 Å². The second-order valence-corrected chi connectivity index (χ2v) is 8.44. The maximum atomic E-state index is 12.7. The van der Waals surface area contributed by atoms with E-state index in [0.29, 0.717) is 33.8 Å². The number of amides is 1. The molecule has 3 aromatic heterocycles. The summed E-state index contributed by atoms with van der Waals surface area (Å²) >= 11 is 14.0. The fourth-order valence-electron chi connectivity index (χ4n) is 3.29. The quantitative estimate of drug-likeness (QED) is 0.616. The molecule has 0 spiro atoms. The first kappa shape index (κ1) is 20.0. The molecule has 0 aliphatic heterocycles. The van der Waals surface area contributed by atoms with Crippen LogP contribution in [0.4, 0.5) is 5.13 Å². The molecule has 0 radical (unpaired) electrons. The van der Waals surface area contributed by atoms with Gasteiger partial charge in [-0.05, 0) is 38.3 Å². The van der Waals surface area contributed by atoms with Crippen molar-refractivity contribution in [3.05, 3.63) is 56.1 Å². The molecule has 4 rings (SSSR count). The molecular formula is C19H18Cl2N6OS. The van der Waals surface area contributed by atoms with E-state index in [-0.39, 0.29) is 18.1 Å². The number of hydrogen-bond acceptors (Lipinski definition) is 6. The van der Waals surface area contributed by atoms with E-state index >= 15 is 0 Å². The van der Waals surface area contributed by atoms with Gasteiger partial charge in [0.25, 0.3) is 5.91 Å². The summed E-state index contributed by atoms with van der Waals surface area (Å²) in [6, 6.07) is 0. The van der Waals surface area contributed by atoms with Gasteiger partial charge in [-0.25, -0.2) is 15.0 Å². The van der Waals surface area contributed by atoms with Crippen LogP contribution in [0, 0.1) is 13.8 Å². The van der Waals surface area contributed by atoms with Crippen LogP contribution in [0.2, 0.25) is 0 Å². The maximum absolute atomic E-state index is 12.7. The second-order valence-electron chi connectivity index (χ2n) is 6.69. The van der Waals surface area contributed by atoms with E-state index in [2.05, 4.69) is 20.3 Å². The Morgan fingerprint density at radius 3 is 2.72 bits per heavy atom. The maximum Gasteiger partial charge on any atom is 0.277 e. The van der Waals surface area contributed by atoms with Crippen molar-refractivity contribution in [2.24, 2.45) is 5.73 Å². The topological polar surface area (TPSA) is 98.2 Å². The van der Waals surface area contributed by atoms with Crippen molar-refractivity contribution in [1.29, 1.82) is 0 Å². The Morgan fingerprint density at radius 1 is 1.28 bits per heavy atom. The Kier molecular flexibility index (Phi) is 5.44. The van der Waals surface area contributed by atoms with Crippen LogP contribution in [0.5, 0.6) is 0 Å². The zero-order valence-electron chi connectivity index (χ0n) is 15.8. The second kappa shape index (κ2) is 7.87. The van der Waals surface area contributed by atoms with Gasteiger partial charge in [0, 0.05) is 39.4 Å². The molecule has 0 atom stereocenters. The Morgan fingerprint density at radius 2 is 2.07 bits per heavy atom. The highest BCUT2D eigenvalue weighted by molar-refractivity contribution is 7.13. The highest BCUT2D eigenvalue weighted by atomic mass is 35.5. The lowest BCUT2D eigenvalue weighted by Gasteiger charge is -2.19. The lowest BCUT2D eigenvalue weighted by Crippen LogP contribution is -2.12. The van der Waals surface area contributed by atoms with Crippen LogP contribution < -0.4 is 11.1 Å². The fourth-order valence-corrected chi connectivity index (χ4v) is 4.55. The summed E-state index contributed by atoms with van der Waals surface area (Å²) in [4.78, 5) is 25.9. The number of halogens is 2. The molecule has 10 heteroatoms. The molecule has 0 unspecified atom stereocenters. The van der Waals surface area contributed by atoms with Crippen LogP contribution in [0.15, 0.2) is 27.7 Å². The van der Waals surface area contributed by atoms with Gasteiger partial charge >= 0.3 is 0 Å². The molecule has 0 aromatic carbocycles. The molecule has 3 heterocycles. The van der Waals surface area contributed by atoms with E-state index in [4.69, 9.17) is 28.9 Å². The molecule has 3 aromatic rings. The first-order chi connectivity index (χ1) is 13.9. The Labute approximate surface area is 181 Å². The highest BCUT2D eigenvalue weighted by Gasteiger charge is 2.23. The van der Waals surface area contributed by atoms with Crippen molar-refractivity contribution in [2.75, 3.05) is 5.32 Å². The molecule has 3 N–H and O–H groups in total. The molecule has 29 heavy (non-hydrogen) atoms. The standard InChI is InChI=1S/C19H18Cl2N6OS/c1-9-8-29-19(23-9)26-17(28)15-7-27-16(12-4-3-11(20)5-14(12)21)13(6-22)10(2)24-18(27)25-15/h5,7-8H,3-4,6,22H2,1-2H3,(H,23,26,28). The summed E-state index contributed by atoms with van der Waals surface area (Å²) in [7, 11) is 0. The number of nitrogens with two attached hydrogens (primary N) is 1. The number of carbonyl (C=O) groups is 1. The van der Waals surface area contributed by atoms with Gasteiger partial charge in [-0.15, -0.1) is 11.3 Å². The third kappa shape index (κ3) is 3.81. The molecule has 0 bridgehead atoms. The largest absolute Gasteiger partial charge is 0.326 e. The minimum absolute atomic E-state index is 0.237. The van der Waals surface area contributed by atoms with Gasteiger partial charge in [-0.1, -0.05) is 23.2 Å². The molecule has 150 valence electrons. The van der Waals surface area contributed by atoms with Gasteiger partial charge < -0.3 is 5.73 Å². The molecule has 0 saturated carbocycles. The predicted octanol–water partition coefficient (Wildman–Crippen LogP) is 4.38. The summed E-state index contributed by atoms with van der Waals surface area (Å²) in [5, 5.41) is 6.43. The average Bonchev–Trinajstić information content (AvgIpc) is 3.27. The molecule has 0 fully saturated rings. The Bertz CT molecular complexity index is 1190. The number of nitrogens with zero attached hydrogens (tertiary/aromatic N) is 4. The number of aryl methyl sites for hydroxylation is 2. The first-order valence-corrected chi connectivity index (χ1v) is 10.6. The molecule has 1 amide bonds. The third-order valence-electron chi connectivity index (χ3n) is 4.67. The monoisotopic (exact) mass is 448 g/mol. The summed E-state index contributed by atoms with van der Waals surface area (Å²) in [5.41, 5.74) is 10.4. The van der Waals surface area contributed by atoms with Gasteiger partial charge in [0.1, 0.15) is 5.69 Å². The molecule has 0 saturated heterocycles. The van der Waals surface area contributed by atoms with Gasteiger partial charge in [0.05, 0.1) is 11.4 Å². The summed E-state index contributed by atoms with van der Waals surface area (Å²) in [6.45, 7) is 4.03. The number of rotatable bonds is 4. The van der Waals surface area contributed by atoms with Crippen LogP contribution in [-0.2, 0) is 6.54 Å². The number of anilines is 1. The SMILES string of the molecule is Cc1csc(NC(=O)c2cn3c(C4=C(Cl)C=C(Cl)CC4)c(CN)c(C)nc3n2)n1. The van der Waals surface area contributed by atoms with E-state index in [9.17, 15) is 4.79 Å². The number of hydrogen-bond donors (Lipinski definition) is 2.